The Morgan fingerprint density at radius 1 is 0.941 bits per heavy atom. The van der Waals surface area contributed by atoms with Crippen molar-refractivity contribution in [2.75, 3.05) is 24.3 Å². The highest BCUT2D eigenvalue weighted by atomic mass is 32.2. The lowest BCUT2D eigenvalue weighted by Crippen LogP contribution is -2.57. The van der Waals surface area contributed by atoms with Crippen LogP contribution in [-0.2, 0) is 24.0 Å². The summed E-state index contributed by atoms with van der Waals surface area (Å²) in [5.74, 6) is -4.11. The minimum Gasteiger partial charge on any atom is -0.480 e. The zero-order chi connectivity index (χ0) is 26.3. The molecule has 0 saturated heterocycles. The number of carboxylic acids is 1. The van der Waals surface area contributed by atoms with E-state index in [-0.39, 0.29) is 31.1 Å². The van der Waals surface area contributed by atoms with Crippen LogP contribution in [0.3, 0.4) is 0 Å². The Labute approximate surface area is 207 Å². The van der Waals surface area contributed by atoms with E-state index in [1.807, 2.05) is 0 Å². The summed E-state index contributed by atoms with van der Waals surface area (Å²) in [6, 6.07) is -4.72. The number of aliphatic carboxylic acids is 1. The van der Waals surface area contributed by atoms with Crippen LogP contribution in [0, 0.1) is 0 Å². The Morgan fingerprint density at radius 2 is 1.47 bits per heavy atom. The monoisotopic (exact) mass is 522 g/mol. The van der Waals surface area contributed by atoms with Gasteiger partial charge in [-0.2, -0.15) is 24.4 Å². The number of guanidine groups is 1. The second-order valence-corrected chi connectivity index (χ2v) is 8.56. The maximum atomic E-state index is 12.9. The first-order chi connectivity index (χ1) is 15.9. The zero-order valence-electron chi connectivity index (χ0n) is 18.9. The van der Waals surface area contributed by atoms with Crippen molar-refractivity contribution in [2.24, 2.45) is 27.9 Å². The van der Waals surface area contributed by atoms with Crippen molar-refractivity contribution >= 4 is 59.9 Å². The first kappa shape index (κ1) is 31.3. The number of nitrogens with zero attached hydrogens (tertiary/aromatic N) is 1. The van der Waals surface area contributed by atoms with Crippen molar-refractivity contribution in [3.05, 3.63) is 0 Å². The molecule has 0 aliphatic carbocycles. The standard InChI is InChI=1S/C18H34N8O6S2/c1-34-6-4-11(16(30)26-12(17(31)32)7-13(20)27)25-15(29)10(3-2-5-23-18(21)22)24-14(28)9(19)8-33/h9-12,33H,2-8,19H2,1H3,(H2,20,27)(H,24,28)(H,25,29)(H,26,30)(H,31,32)(H4,21,22,23). The van der Waals surface area contributed by atoms with Crippen LogP contribution in [0.1, 0.15) is 25.7 Å². The molecular weight excluding hydrogens is 488 g/mol. The quantitative estimate of drug-likeness (QED) is 0.0393. The number of hydrogen-bond acceptors (Lipinski definition) is 9. The minimum atomic E-state index is -1.55. The van der Waals surface area contributed by atoms with E-state index in [0.29, 0.717) is 12.2 Å². The molecular formula is C18H34N8O6S2. The lowest BCUT2D eigenvalue weighted by Gasteiger charge is -2.25. The summed E-state index contributed by atoms with van der Waals surface area (Å²) in [4.78, 5) is 64.1. The lowest BCUT2D eigenvalue weighted by molar-refractivity contribution is -0.143. The van der Waals surface area contributed by atoms with E-state index in [4.69, 9.17) is 22.9 Å². The number of rotatable bonds is 17. The van der Waals surface area contributed by atoms with E-state index >= 15 is 0 Å². The summed E-state index contributed by atoms with van der Waals surface area (Å²) in [5.41, 5.74) is 21.3. The van der Waals surface area contributed by atoms with Gasteiger partial charge in [0.05, 0.1) is 12.5 Å². The van der Waals surface area contributed by atoms with Gasteiger partial charge >= 0.3 is 5.97 Å². The van der Waals surface area contributed by atoms with Crippen LogP contribution in [0.15, 0.2) is 4.99 Å². The third-order valence-corrected chi connectivity index (χ3v) is 5.41. The van der Waals surface area contributed by atoms with Crippen molar-refractivity contribution in [3.8, 4) is 0 Å². The number of carbonyl (C=O) groups excluding carboxylic acids is 4. The van der Waals surface area contributed by atoms with E-state index in [1.54, 1.807) is 6.26 Å². The highest BCUT2D eigenvalue weighted by Gasteiger charge is 2.30. The van der Waals surface area contributed by atoms with Crippen LogP contribution in [0.25, 0.3) is 0 Å². The summed E-state index contributed by atoms with van der Waals surface area (Å²) in [7, 11) is 0. The van der Waals surface area contributed by atoms with Gasteiger partial charge in [-0.05, 0) is 31.3 Å². The Hall–Kier alpha value is -2.72. The van der Waals surface area contributed by atoms with Gasteiger partial charge in [-0.15, -0.1) is 0 Å². The molecule has 0 aromatic heterocycles. The van der Waals surface area contributed by atoms with Gasteiger partial charge in [0, 0.05) is 12.3 Å². The zero-order valence-corrected chi connectivity index (χ0v) is 20.6. The number of nitrogens with two attached hydrogens (primary N) is 4. The molecule has 194 valence electrons. The SMILES string of the molecule is CSCCC(NC(=O)C(CCCN=C(N)N)NC(=O)C(N)CS)C(=O)NC(CC(N)=O)C(=O)O. The summed E-state index contributed by atoms with van der Waals surface area (Å²) < 4.78 is 0. The average Bonchev–Trinajstić information content (AvgIpc) is 2.76. The second-order valence-electron chi connectivity index (χ2n) is 7.21. The van der Waals surface area contributed by atoms with Gasteiger partial charge in [-0.1, -0.05) is 0 Å². The Morgan fingerprint density at radius 3 is 1.94 bits per heavy atom. The van der Waals surface area contributed by atoms with Crippen molar-refractivity contribution < 1.29 is 29.1 Å². The fraction of sp³-hybridized carbons (Fsp3) is 0.667. The molecule has 4 atom stereocenters. The number of thioether (sulfide) groups is 1. The molecule has 0 bridgehead atoms. The largest absolute Gasteiger partial charge is 0.480 e. The van der Waals surface area contributed by atoms with Gasteiger partial charge in [0.2, 0.25) is 23.6 Å². The first-order valence-corrected chi connectivity index (χ1v) is 12.3. The van der Waals surface area contributed by atoms with E-state index in [0.717, 1.165) is 0 Å². The molecule has 34 heavy (non-hydrogen) atoms. The molecule has 0 aliphatic heterocycles. The molecule has 14 nitrogen and oxygen atoms in total. The molecule has 16 heteroatoms. The van der Waals surface area contributed by atoms with Crippen molar-refractivity contribution in [3.63, 3.8) is 0 Å². The van der Waals surface area contributed by atoms with E-state index in [2.05, 4.69) is 33.6 Å². The number of primary amides is 1. The maximum absolute atomic E-state index is 12.9. The predicted octanol–water partition coefficient (Wildman–Crippen LogP) is -3.54. The van der Waals surface area contributed by atoms with Gasteiger partial charge < -0.3 is 44.0 Å². The number of amides is 4. The number of nitrogens with one attached hydrogen (secondary N) is 3. The number of carbonyl (C=O) groups is 5. The fourth-order valence-electron chi connectivity index (χ4n) is 2.58. The molecule has 0 heterocycles. The number of hydrogen-bond donors (Lipinski definition) is 9. The maximum Gasteiger partial charge on any atom is 0.326 e. The molecule has 4 amide bonds. The van der Waals surface area contributed by atoms with Crippen LogP contribution < -0.4 is 38.9 Å². The minimum absolute atomic E-state index is 0.0450. The highest BCUT2D eigenvalue weighted by Crippen LogP contribution is 2.06. The number of thiol groups is 1. The van der Waals surface area contributed by atoms with Gasteiger partial charge in [0.25, 0.3) is 0 Å². The van der Waals surface area contributed by atoms with Crippen LogP contribution in [0.4, 0.5) is 0 Å². The highest BCUT2D eigenvalue weighted by molar-refractivity contribution is 7.98. The van der Waals surface area contributed by atoms with E-state index in [1.165, 1.54) is 11.8 Å². The lowest BCUT2D eigenvalue weighted by atomic mass is 10.1. The molecule has 0 aliphatic rings. The van der Waals surface area contributed by atoms with Gasteiger partial charge in [0.15, 0.2) is 5.96 Å². The second kappa shape index (κ2) is 16.8. The molecule has 0 aromatic carbocycles. The average molecular weight is 523 g/mol. The van der Waals surface area contributed by atoms with Crippen molar-refractivity contribution in [2.45, 2.75) is 49.9 Å². The summed E-state index contributed by atoms with van der Waals surface area (Å²) in [6.07, 6.45) is 1.79. The van der Waals surface area contributed by atoms with E-state index < -0.39 is 60.2 Å². The molecule has 0 aromatic rings. The van der Waals surface area contributed by atoms with Crippen LogP contribution in [-0.4, -0.2) is 89.1 Å². The normalized spacial score (nSPS) is 14.1. The topological polar surface area (TPSA) is 258 Å². The fourth-order valence-corrected chi connectivity index (χ4v) is 3.22. The van der Waals surface area contributed by atoms with Gasteiger partial charge in [0.1, 0.15) is 18.1 Å². The Bertz CT molecular complexity index is 750. The molecule has 0 rings (SSSR count). The van der Waals surface area contributed by atoms with Crippen molar-refractivity contribution in [1.82, 2.24) is 16.0 Å². The Balaban J connectivity index is 5.51. The molecule has 0 radical (unpaired) electrons. The third kappa shape index (κ3) is 13.1. The molecule has 4 unspecified atom stereocenters. The third-order valence-electron chi connectivity index (χ3n) is 4.38. The smallest absolute Gasteiger partial charge is 0.326 e. The van der Waals surface area contributed by atoms with Crippen molar-refractivity contribution in [1.29, 1.82) is 0 Å². The molecule has 0 saturated carbocycles. The van der Waals surface area contributed by atoms with Crippen LogP contribution in [0.2, 0.25) is 0 Å². The molecule has 0 spiro atoms. The Kier molecular flexibility index (Phi) is 15.5. The van der Waals surface area contributed by atoms with Gasteiger partial charge in [-0.3, -0.25) is 24.2 Å². The van der Waals surface area contributed by atoms with E-state index in [9.17, 15) is 29.1 Å². The van der Waals surface area contributed by atoms with Gasteiger partial charge in [-0.25, -0.2) is 4.79 Å². The molecule has 12 N–H and O–H groups in total. The van der Waals surface area contributed by atoms with Crippen LogP contribution >= 0.6 is 24.4 Å². The summed E-state index contributed by atoms with van der Waals surface area (Å²) >= 11 is 5.36. The first-order valence-electron chi connectivity index (χ1n) is 10.3. The molecule has 0 fully saturated rings. The summed E-state index contributed by atoms with van der Waals surface area (Å²) in [5, 5.41) is 16.5. The predicted molar refractivity (Wildman–Crippen MR) is 132 cm³/mol. The summed E-state index contributed by atoms with van der Waals surface area (Å²) in [6.45, 7) is 0.199. The van der Waals surface area contributed by atoms with Crippen LogP contribution in [0.5, 0.6) is 0 Å². The number of aliphatic imine (C=N–C) groups is 1. The number of carboxylic acid groups (broad SMARTS) is 1.